The first-order valence-electron chi connectivity index (χ1n) is 7.43. The minimum Gasteiger partial charge on any atom is -0.360 e. The van der Waals surface area contributed by atoms with Crippen molar-refractivity contribution in [2.75, 3.05) is 10.6 Å². The maximum absolute atomic E-state index is 12.9. The summed E-state index contributed by atoms with van der Waals surface area (Å²) in [6.07, 6.45) is -3.61. The van der Waals surface area contributed by atoms with Crippen LogP contribution in [0.5, 0.6) is 0 Å². The molecule has 0 spiro atoms. The van der Waals surface area contributed by atoms with E-state index in [-0.39, 0.29) is 11.3 Å². The molecule has 0 bridgehead atoms. The van der Waals surface area contributed by atoms with Crippen LogP contribution in [0.4, 0.5) is 24.5 Å². The summed E-state index contributed by atoms with van der Waals surface area (Å²) in [5.74, 6) is -0.736. The molecule has 9 heteroatoms. The molecule has 0 aliphatic heterocycles. The highest BCUT2D eigenvalue weighted by Crippen LogP contribution is 2.36. The van der Waals surface area contributed by atoms with Gasteiger partial charge in [0.25, 0.3) is 5.91 Å². The fraction of sp³-hybridized carbons (Fsp3) is 0.111. The number of anilines is 2. The third-order valence-corrected chi connectivity index (χ3v) is 4.03. The number of nitrogens with zero attached hydrogens (tertiary/aromatic N) is 1. The second-order valence-corrected chi connectivity index (χ2v) is 6.26. The van der Waals surface area contributed by atoms with Crippen LogP contribution in [0, 0.1) is 18.3 Å². The largest absolute Gasteiger partial charge is 0.417 e. The zero-order valence-electron chi connectivity index (χ0n) is 13.8. The van der Waals surface area contributed by atoms with E-state index in [4.69, 9.17) is 28.5 Å². The monoisotopic (exact) mass is 413 g/mol. The first kappa shape index (κ1) is 20.6. The minimum absolute atomic E-state index is 0.0196. The minimum atomic E-state index is -4.63. The molecule has 0 saturated carbocycles. The van der Waals surface area contributed by atoms with Crippen molar-refractivity contribution in [2.24, 2.45) is 0 Å². The van der Waals surface area contributed by atoms with Crippen LogP contribution in [0.1, 0.15) is 11.1 Å². The molecular formula is C18H12Cl2F3N3O. The van der Waals surface area contributed by atoms with Crippen molar-refractivity contribution in [2.45, 2.75) is 13.1 Å². The van der Waals surface area contributed by atoms with Gasteiger partial charge in [-0.05, 0) is 42.8 Å². The Balaban J connectivity index is 2.20. The summed E-state index contributed by atoms with van der Waals surface area (Å²) < 4.78 is 38.6. The van der Waals surface area contributed by atoms with Crippen molar-refractivity contribution >= 4 is 40.5 Å². The van der Waals surface area contributed by atoms with E-state index in [0.717, 1.165) is 23.9 Å². The van der Waals surface area contributed by atoms with Gasteiger partial charge in [0.1, 0.15) is 11.6 Å². The standard InChI is InChI=1S/C18H12Cl2F3N3O/c1-10-2-3-12(19)6-16(10)26-17(27)11(8-24)9-25-13-4-5-15(20)14(7-13)18(21,22)23/h2-7,9,25H,1H3,(H,26,27)/b11-9-. The molecule has 0 unspecified atom stereocenters. The molecule has 27 heavy (non-hydrogen) atoms. The molecule has 0 saturated heterocycles. The van der Waals surface area contributed by atoms with Crippen LogP contribution in [-0.4, -0.2) is 5.91 Å². The lowest BCUT2D eigenvalue weighted by atomic mass is 10.2. The van der Waals surface area contributed by atoms with Crippen molar-refractivity contribution in [3.63, 3.8) is 0 Å². The Bertz CT molecular complexity index is 950. The molecule has 2 aromatic rings. The van der Waals surface area contributed by atoms with Crippen LogP contribution in [-0.2, 0) is 11.0 Å². The molecule has 2 N–H and O–H groups in total. The Morgan fingerprint density at radius 3 is 2.52 bits per heavy atom. The highest BCUT2D eigenvalue weighted by molar-refractivity contribution is 6.31. The number of carbonyl (C=O) groups excluding carboxylic acids is 1. The van der Waals surface area contributed by atoms with Gasteiger partial charge >= 0.3 is 6.18 Å². The molecule has 0 aliphatic carbocycles. The van der Waals surface area contributed by atoms with Crippen LogP contribution in [0.3, 0.4) is 0 Å². The number of carbonyl (C=O) groups is 1. The van der Waals surface area contributed by atoms with Gasteiger partial charge in [-0.3, -0.25) is 4.79 Å². The predicted octanol–water partition coefficient (Wildman–Crippen LogP) is 5.78. The second-order valence-electron chi connectivity index (χ2n) is 5.42. The van der Waals surface area contributed by atoms with Gasteiger partial charge in [0.05, 0.1) is 10.6 Å². The van der Waals surface area contributed by atoms with Gasteiger partial charge in [-0.15, -0.1) is 0 Å². The van der Waals surface area contributed by atoms with Crippen molar-refractivity contribution in [3.8, 4) is 6.07 Å². The average Bonchev–Trinajstić information content (AvgIpc) is 2.59. The number of alkyl halides is 3. The van der Waals surface area contributed by atoms with Crippen molar-refractivity contribution in [1.82, 2.24) is 0 Å². The number of nitriles is 1. The summed E-state index contributed by atoms with van der Waals surface area (Å²) in [5, 5.41) is 14.1. The van der Waals surface area contributed by atoms with Crippen LogP contribution in [0.2, 0.25) is 10.0 Å². The van der Waals surface area contributed by atoms with Gasteiger partial charge in [-0.25, -0.2) is 0 Å². The Morgan fingerprint density at radius 2 is 1.89 bits per heavy atom. The number of aryl methyl sites for hydroxylation is 1. The number of halogens is 5. The van der Waals surface area contributed by atoms with Crippen LogP contribution < -0.4 is 10.6 Å². The van der Waals surface area contributed by atoms with Crippen molar-refractivity contribution in [1.29, 1.82) is 5.26 Å². The molecule has 0 aliphatic rings. The zero-order chi connectivity index (χ0) is 20.2. The highest BCUT2D eigenvalue weighted by atomic mass is 35.5. The molecular weight excluding hydrogens is 402 g/mol. The van der Waals surface area contributed by atoms with Gasteiger partial charge in [0.15, 0.2) is 0 Å². The number of amides is 1. The van der Waals surface area contributed by atoms with Crippen molar-refractivity contribution in [3.05, 3.63) is 69.3 Å². The topological polar surface area (TPSA) is 64.9 Å². The molecule has 4 nitrogen and oxygen atoms in total. The van der Waals surface area contributed by atoms with E-state index in [2.05, 4.69) is 10.6 Å². The Kier molecular flexibility index (Phi) is 6.37. The molecule has 0 aromatic heterocycles. The van der Waals surface area contributed by atoms with Gasteiger partial charge in [-0.2, -0.15) is 18.4 Å². The van der Waals surface area contributed by atoms with E-state index in [1.54, 1.807) is 25.1 Å². The van der Waals surface area contributed by atoms with Gasteiger partial charge in [0, 0.05) is 22.6 Å². The first-order valence-corrected chi connectivity index (χ1v) is 8.18. The van der Waals surface area contributed by atoms with Gasteiger partial charge in [0.2, 0.25) is 0 Å². The highest BCUT2D eigenvalue weighted by Gasteiger charge is 2.33. The van der Waals surface area contributed by atoms with Crippen LogP contribution in [0.15, 0.2) is 48.2 Å². The van der Waals surface area contributed by atoms with E-state index in [0.29, 0.717) is 10.7 Å². The van der Waals surface area contributed by atoms with Crippen LogP contribution in [0.25, 0.3) is 0 Å². The lowest BCUT2D eigenvalue weighted by Crippen LogP contribution is -2.15. The third-order valence-electron chi connectivity index (χ3n) is 3.47. The fourth-order valence-corrected chi connectivity index (χ4v) is 2.45. The summed E-state index contributed by atoms with van der Waals surface area (Å²) in [4.78, 5) is 12.2. The van der Waals surface area contributed by atoms with E-state index in [9.17, 15) is 18.0 Å². The smallest absolute Gasteiger partial charge is 0.360 e. The maximum Gasteiger partial charge on any atom is 0.417 e. The lowest BCUT2D eigenvalue weighted by molar-refractivity contribution is -0.137. The molecule has 0 fully saturated rings. The summed E-state index contributed by atoms with van der Waals surface area (Å²) >= 11 is 11.4. The van der Waals surface area contributed by atoms with E-state index in [1.807, 2.05) is 0 Å². The summed E-state index contributed by atoms with van der Waals surface area (Å²) in [6.45, 7) is 1.74. The number of rotatable bonds is 4. The number of benzene rings is 2. The fourth-order valence-electron chi connectivity index (χ4n) is 2.05. The Labute approximate surface area is 163 Å². The van der Waals surface area contributed by atoms with E-state index >= 15 is 0 Å². The summed E-state index contributed by atoms with van der Waals surface area (Å²) in [5.41, 5.74) is -0.200. The quantitative estimate of drug-likeness (QED) is 0.493. The van der Waals surface area contributed by atoms with E-state index < -0.39 is 22.7 Å². The third kappa shape index (κ3) is 5.39. The normalized spacial score (nSPS) is 11.7. The number of hydrogen-bond acceptors (Lipinski definition) is 3. The van der Waals surface area contributed by atoms with Gasteiger partial charge < -0.3 is 10.6 Å². The SMILES string of the molecule is Cc1ccc(Cl)cc1NC(=O)/C(C#N)=C\Nc1ccc(Cl)c(C(F)(F)F)c1. The van der Waals surface area contributed by atoms with Gasteiger partial charge in [-0.1, -0.05) is 29.3 Å². The molecule has 2 aromatic carbocycles. The Hall–Kier alpha value is -2.69. The van der Waals surface area contributed by atoms with Crippen LogP contribution >= 0.6 is 23.2 Å². The molecule has 1 amide bonds. The van der Waals surface area contributed by atoms with Crippen molar-refractivity contribution < 1.29 is 18.0 Å². The van der Waals surface area contributed by atoms with E-state index in [1.165, 1.54) is 12.1 Å². The molecule has 140 valence electrons. The maximum atomic E-state index is 12.9. The first-order chi connectivity index (χ1) is 12.6. The molecule has 0 heterocycles. The Morgan fingerprint density at radius 1 is 1.19 bits per heavy atom. The predicted molar refractivity (Wildman–Crippen MR) is 98.6 cm³/mol. The average molecular weight is 414 g/mol. The molecule has 2 rings (SSSR count). The second kappa shape index (κ2) is 8.33. The lowest BCUT2D eigenvalue weighted by Gasteiger charge is -2.11. The molecule has 0 radical (unpaired) electrons. The number of hydrogen-bond donors (Lipinski definition) is 2. The molecule has 0 atom stereocenters. The zero-order valence-corrected chi connectivity index (χ0v) is 15.3. The number of nitrogens with one attached hydrogen (secondary N) is 2. The summed E-state index contributed by atoms with van der Waals surface area (Å²) in [6, 6.07) is 9.70. The summed E-state index contributed by atoms with van der Waals surface area (Å²) in [7, 11) is 0.